The van der Waals surface area contributed by atoms with Crippen molar-refractivity contribution < 1.29 is 24.2 Å². The van der Waals surface area contributed by atoms with E-state index in [-0.39, 0.29) is 11.3 Å². The molecule has 0 aliphatic carbocycles. The lowest BCUT2D eigenvalue weighted by molar-refractivity contribution is -0.132. The molecule has 1 saturated heterocycles. The summed E-state index contributed by atoms with van der Waals surface area (Å²) in [7, 11) is 3.05. The first-order valence-corrected chi connectivity index (χ1v) is 12.7. The van der Waals surface area contributed by atoms with Crippen molar-refractivity contribution in [3.8, 4) is 11.5 Å². The lowest BCUT2D eigenvalue weighted by Crippen LogP contribution is -2.29. The molecule has 1 fully saturated rings. The maximum atomic E-state index is 13.5. The van der Waals surface area contributed by atoms with E-state index < -0.39 is 17.7 Å². The van der Waals surface area contributed by atoms with Gasteiger partial charge in [-0.05, 0) is 48.7 Å². The molecule has 7 nitrogen and oxygen atoms in total. The van der Waals surface area contributed by atoms with E-state index in [1.165, 1.54) is 30.5 Å². The molecule has 1 amide bonds. The number of rotatable bonds is 6. The summed E-state index contributed by atoms with van der Waals surface area (Å²) >= 11 is 1.34. The fourth-order valence-electron chi connectivity index (χ4n) is 4.51. The average molecular weight is 515 g/mol. The molecule has 0 spiro atoms. The number of Topliss-reactive ketones (excluding diaryl/α,β-unsaturated/α-hetero) is 1. The molecule has 3 aromatic carbocycles. The molecule has 188 valence electrons. The number of amides is 1. The summed E-state index contributed by atoms with van der Waals surface area (Å²) in [5, 5.41) is 11.7. The van der Waals surface area contributed by atoms with Crippen LogP contribution in [0.3, 0.4) is 0 Å². The van der Waals surface area contributed by atoms with E-state index in [1.807, 2.05) is 37.3 Å². The van der Waals surface area contributed by atoms with Crippen molar-refractivity contribution in [2.45, 2.75) is 26.3 Å². The fourth-order valence-corrected chi connectivity index (χ4v) is 5.57. The molecule has 1 aliphatic rings. The smallest absolute Gasteiger partial charge is 0.301 e. The maximum Gasteiger partial charge on any atom is 0.301 e. The Bertz CT molecular complexity index is 1550. The molecule has 1 aliphatic heterocycles. The molecule has 1 atom stereocenters. The largest absolute Gasteiger partial charge is 0.507 e. The lowest BCUT2D eigenvalue weighted by Gasteiger charge is -2.23. The molecular weight excluding hydrogens is 488 g/mol. The predicted molar refractivity (Wildman–Crippen MR) is 145 cm³/mol. The van der Waals surface area contributed by atoms with Gasteiger partial charge in [-0.3, -0.25) is 14.5 Å². The Balaban J connectivity index is 1.73. The number of fused-ring (bicyclic) bond motifs is 1. The quantitative estimate of drug-likeness (QED) is 0.198. The van der Waals surface area contributed by atoms with Crippen molar-refractivity contribution in [3.63, 3.8) is 0 Å². The number of hydrogen-bond acceptors (Lipinski definition) is 7. The normalized spacial score (nSPS) is 17.0. The molecule has 1 N–H and O–H groups in total. The Morgan fingerprint density at radius 2 is 1.73 bits per heavy atom. The molecule has 5 rings (SSSR count). The van der Waals surface area contributed by atoms with Gasteiger partial charge in [0.15, 0.2) is 16.6 Å². The van der Waals surface area contributed by atoms with Gasteiger partial charge in [-0.1, -0.05) is 60.2 Å². The van der Waals surface area contributed by atoms with Gasteiger partial charge in [0, 0.05) is 5.56 Å². The summed E-state index contributed by atoms with van der Waals surface area (Å²) in [6.07, 6.45) is 0.871. The number of aliphatic hydroxyl groups is 1. The minimum absolute atomic E-state index is 0.00502. The summed E-state index contributed by atoms with van der Waals surface area (Å²) < 4.78 is 11.8. The molecule has 0 radical (unpaired) electrons. The number of thiazole rings is 1. The Morgan fingerprint density at radius 1 is 1.00 bits per heavy atom. The lowest BCUT2D eigenvalue weighted by atomic mass is 9.95. The van der Waals surface area contributed by atoms with Crippen LogP contribution in [-0.4, -0.2) is 36.0 Å². The molecule has 1 unspecified atom stereocenters. The van der Waals surface area contributed by atoms with E-state index in [2.05, 4.69) is 6.92 Å². The minimum Gasteiger partial charge on any atom is -0.507 e. The van der Waals surface area contributed by atoms with Gasteiger partial charge < -0.3 is 14.6 Å². The van der Waals surface area contributed by atoms with Crippen molar-refractivity contribution in [1.29, 1.82) is 0 Å². The first kappa shape index (κ1) is 24.5. The summed E-state index contributed by atoms with van der Waals surface area (Å²) in [4.78, 5) is 33.0. The van der Waals surface area contributed by atoms with E-state index in [9.17, 15) is 14.7 Å². The highest BCUT2D eigenvalue weighted by Crippen LogP contribution is 2.45. The van der Waals surface area contributed by atoms with Crippen LogP contribution in [0.2, 0.25) is 0 Å². The van der Waals surface area contributed by atoms with Crippen molar-refractivity contribution in [2.24, 2.45) is 0 Å². The number of anilines is 1. The molecular formula is C29H26N2O5S. The van der Waals surface area contributed by atoms with Crippen LogP contribution in [0.4, 0.5) is 5.13 Å². The van der Waals surface area contributed by atoms with Crippen LogP contribution < -0.4 is 14.4 Å². The van der Waals surface area contributed by atoms with E-state index in [0.717, 1.165) is 27.8 Å². The highest BCUT2D eigenvalue weighted by Gasteiger charge is 2.48. The van der Waals surface area contributed by atoms with Gasteiger partial charge in [0.25, 0.3) is 5.78 Å². The van der Waals surface area contributed by atoms with Crippen LogP contribution in [0.1, 0.15) is 35.2 Å². The zero-order chi connectivity index (χ0) is 26.3. The first-order chi connectivity index (χ1) is 17.9. The third-order valence-electron chi connectivity index (χ3n) is 6.55. The van der Waals surface area contributed by atoms with E-state index >= 15 is 0 Å². The number of hydrogen-bond donors (Lipinski definition) is 1. The van der Waals surface area contributed by atoms with Gasteiger partial charge >= 0.3 is 5.91 Å². The number of ether oxygens (including phenoxy) is 2. The fraction of sp³-hybridized carbons (Fsp3) is 0.207. The van der Waals surface area contributed by atoms with Gasteiger partial charge in [-0.25, -0.2) is 4.98 Å². The molecule has 8 heteroatoms. The second kappa shape index (κ2) is 9.71. The van der Waals surface area contributed by atoms with E-state index in [4.69, 9.17) is 14.5 Å². The Kier molecular flexibility index (Phi) is 6.43. The van der Waals surface area contributed by atoms with Gasteiger partial charge in [-0.2, -0.15) is 0 Å². The van der Waals surface area contributed by atoms with Gasteiger partial charge in [0.1, 0.15) is 5.76 Å². The predicted octanol–water partition coefficient (Wildman–Crippen LogP) is 5.81. The SMILES string of the molecule is CCc1ccc2nc(N3C(=O)C(=O)/C(=C(/O)c4ccc(C)cc4)C3c3ccc(OC)c(OC)c3)sc2c1. The molecule has 1 aromatic heterocycles. The number of benzene rings is 3. The Labute approximate surface area is 218 Å². The van der Waals surface area contributed by atoms with Gasteiger partial charge in [0.2, 0.25) is 0 Å². The van der Waals surface area contributed by atoms with Crippen molar-refractivity contribution >= 4 is 44.1 Å². The standard InChI is InChI=1S/C29H26N2O5S/c1-5-17-8-12-20-23(14-17)37-29(30-20)31-25(19-11-13-21(35-3)22(15-19)36-4)24(27(33)28(31)34)26(32)18-9-6-16(2)7-10-18/h6-15,25,32H,5H2,1-4H3/b26-24+. The van der Waals surface area contributed by atoms with Crippen LogP contribution in [0.25, 0.3) is 16.0 Å². The van der Waals surface area contributed by atoms with E-state index in [1.54, 1.807) is 30.3 Å². The number of carbonyl (C=O) groups excluding carboxylic acids is 2. The Morgan fingerprint density at radius 3 is 2.41 bits per heavy atom. The zero-order valence-electron chi connectivity index (χ0n) is 20.9. The van der Waals surface area contributed by atoms with Crippen LogP contribution in [0.15, 0.2) is 66.2 Å². The summed E-state index contributed by atoms with van der Waals surface area (Å²) in [6.45, 7) is 4.01. The second-order valence-electron chi connectivity index (χ2n) is 8.80. The first-order valence-electron chi connectivity index (χ1n) is 11.9. The number of carbonyl (C=O) groups is 2. The summed E-state index contributed by atoms with van der Waals surface area (Å²) in [5.41, 5.74) is 3.93. The van der Waals surface area contributed by atoms with Crippen molar-refractivity contribution in [1.82, 2.24) is 4.98 Å². The number of ketones is 1. The minimum atomic E-state index is -0.910. The van der Waals surface area contributed by atoms with Crippen LogP contribution in [0.5, 0.6) is 11.5 Å². The second-order valence-corrected chi connectivity index (χ2v) is 9.81. The number of aryl methyl sites for hydroxylation is 2. The molecule has 0 bridgehead atoms. The number of methoxy groups -OCH3 is 2. The molecule has 4 aromatic rings. The number of nitrogens with zero attached hydrogens (tertiary/aromatic N) is 2. The third-order valence-corrected chi connectivity index (χ3v) is 7.57. The van der Waals surface area contributed by atoms with Crippen LogP contribution >= 0.6 is 11.3 Å². The Hall–Kier alpha value is -4.17. The highest BCUT2D eigenvalue weighted by molar-refractivity contribution is 7.22. The molecule has 37 heavy (non-hydrogen) atoms. The van der Waals surface area contributed by atoms with Crippen molar-refractivity contribution in [2.75, 3.05) is 19.1 Å². The van der Waals surface area contributed by atoms with Crippen molar-refractivity contribution in [3.05, 3.63) is 88.5 Å². The van der Waals surface area contributed by atoms with Crippen LogP contribution in [0, 0.1) is 6.92 Å². The molecule has 2 heterocycles. The third kappa shape index (κ3) is 4.23. The summed E-state index contributed by atoms with van der Waals surface area (Å²) in [6, 6.07) is 17.4. The average Bonchev–Trinajstić information content (AvgIpc) is 3.45. The van der Waals surface area contributed by atoms with Gasteiger partial charge in [-0.15, -0.1) is 0 Å². The topological polar surface area (TPSA) is 89.0 Å². The number of aromatic nitrogens is 1. The zero-order valence-corrected chi connectivity index (χ0v) is 21.8. The molecule has 0 saturated carbocycles. The van der Waals surface area contributed by atoms with Gasteiger partial charge in [0.05, 0.1) is 36.1 Å². The highest BCUT2D eigenvalue weighted by atomic mass is 32.1. The monoisotopic (exact) mass is 514 g/mol. The number of aliphatic hydroxyl groups excluding tert-OH is 1. The van der Waals surface area contributed by atoms with E-state index in [0.29, 0.717) is 27.8 Å². The maximum absolute atomic E-state index is 13.5. The van der Waals surface area contributed by atoms with Crippen LogP contribution in [-0.2, 0) is 16.0 Å². The summed E-state index contributed by atoms with van der Waals surface area (Å²) in [5.74, 6) is -0.809.